The molecule has 1 aromatic rings. The Morgan fingerprint density at radius 2 is 2.47 bits per heavy atom. The van der Waals surface area contributed by atoms with Crippen LogP contribution in [0.15, 0.2) is 0 Å². The van der Waals surface area contributed by atoms with E-state index in [9.17, 15) is 0 Å². The molecular formula is C9H17N5O. The number of nitrogens with one attached hydrogen (secondary N) is 1. The van der Waals surface area contributed by atoms with E-state index in [1.807, 2.05) is 6.92 Å². The number of nitrogens with zero attached hydrogens (tertiary/aromatic N) is 3. The largest absolute Gasteiger partial charge is 0.374 e. The average molecular weight is 211 g/mol. The van der Waals surface area contributed by atoms with Crippen molar-refractivity contribution >= 4 is 5.95 Å². The molecule has 0 aromatic carbocycles. The summed E-state index contributed by atoms with van der Waals surface area (Å²) in [4.78, 5) is 6.47. The van der Waals surface area contributed by atoms with Gasteiger partial charge in [-0.2, -0.15) is 4.98 Å². The number of hydrogen-bond acceptors (Lipinski definition) is 5. The SMILES string of the molecule is COC(C)c1nc(N2CCC(N)C2)n[nH]1. The zero-order chi connectivity index (χ0) is 10.8. The summed E-state index contributed by atoms with van der Waals surface area (Å²) in [6.07, 6.45) is 0.950. The smallest absolute Gasteiger partial charge is 0.244 e. The number of anilines is 1. The van der Waals surface area contributed by atoms with E-state index in [2.05, 4.69) is 20.1 Å². The van der Waals surface area contributed by atoms with E-state index in [0.29, 0.717) is 0 Å². The third-order valence-corrected chi connectivity index (χ3v) is 2.74. The predicted octanol–water partition coefficient (Wildman–Crippen LogP) is 0.0495. The topological polar surface area (TPSA) is 80.1 Å². The summed E-state index contributed by atoms with van der Waals surface area (Å²) in [6, 6.07) is 0.242. The molecule has 0 radical (unpaired) electrons. The first-order valence-corrected chi connectivity index (χ1v) is 5.16. The van der Waals surface area contributed by atoms with Crippen LogP contribution in [-0.2, 0) is 4.74 Å². The van der Waals surface area contributed by atoms with Gasteiger partial charge in [0.1, 0.15) is 6.10 Å². The van der Waals surface area contributed by atoms with Crippen molar-refractivity contribution in [3.63, 3.8) is 0 Å². The second-order valence-electron chi connectivity index (χ2n) is 3.89. The molecule has 1 aliphatic rings. The van der Waals surface area contributed by atoms with Gasteiger partial charge in [-0.25, -0.2) is 0 Å². The van der Waals surface area contributed by atoms with Gasteiger partial charge in [0.25, 0.3) is 0 Å². The molecule has 2 heterocycles. The van der Waals surface area contributed by atoms with Crippen molar-refractivity contribution in [2.24, 2.45) is 5.73 Å². The van der Waals surface area contributed by atoms with Crippen molar-refractivity contribution in [3.05, 3.63) is 5.82 Å². The van der Waals surface area contributed by atoms with E-state index in [1.165, 1.54) is 0 Å². The lowest BCUT2D eigenvalue weighted by atomic mass is 10.3. The van der Waals surface area contributed by atoms with Gasteiger partial charge in [0.2, 0.25) is 5.95 Å². The van der Waals surface area contributed by atoms with Crippen molar-refractivity contribution in [2.45, 2.75) is 25.5 Å². The van der Waals surface area contributed by atoms with Crippen LogP contribution in [0.1, 0.15) is 25.3 Å². The molecule has 2 unspecified atom stereocenters. The molecule has 0 aliphatic carbocycles. The van der Waals surface area contributed by atoms with Gasteiger partial charge in [0, 0.05) is 26.2 Å². The van der Waals surface area contributed by atoms with E-state index in [1.54, 1.807) is 7.11 Å². The number of aromatic nitrogens is 3. The second-order valence-corrected chi connectivity index (χ2v) is 3.89. The Labute approximate surface area is 88.8 Å². The maximum atomic E-state index is 5.82. The highest BCUT2D eigenvalue weighted by atomic mass is 16.5. The van der Waals surface area contributed by atoms with Crippen LogP contribution in [-0.4, -0.2) is 41.4 Å². The number of hydrogen-bond donors (Lipinski definition) is 2. The second kappa shape index (κ2) is 4.16. The highest BCUT2D eigenvalue weighted by Crippen LogP contribution is 2.17. The first-order valence-electron chi connectivity index (χ1n) is 5.16. The number of rotatable bonds is 3. The Bertz CT molecular complexity index is 326. The van der Waals surface area contributed by atoms with E-state index in [-0.39, 0.29) is 12.1 Å². The quantitative estimate of drug-likeness (QED) is 0.738. The molecule has 0 spiro atoms. The summed E-state index contributed by atoms with van der Waals surface area (Å²) in [7, 11) is 1.65. The summed E-state index contributed by atoms with van der Waals surface area (Å²) in [5.41, 5.74) is 5.82. The molecule has 1 fully saturated rings. The normalized spacial score (nSPS) is 23.4. The molecule has 6 nitrogen and oxygen atoms in total. The number of nitrogens with two attached hydrogens (primary N) is 1. The highest BCUT2D eigenvalue weighted by molar-refractivity contribution is 5.31. The minimum absolute atomic E-state index is 0.0532. The monoisotopic (exact) mass is 211 g/mol. The Balaban J connectivity index is 2.07. The van der Waals surface area contributed by atoms with E-state index < -0.39 is 0 Å². The lowest BCUT2D eigenvalue weighted by molar-refractivity contribution is 0.112. The van der Waals surface area contributed by atoms with Crippen LogP contribution < -0.4 is 10.6 Å². The van der Waals surface area contributed by atoms with Crippen LogP contribution >= 0.6 is 0 Å². The van der Waals surface area contributed by atoms with Crippen molar-refractivity contribution in [1.82, 2.24) is 15.2 Å². The lowest BCUT2D eigenvalue weighted by Crippen LogP contribution is -2.27. The van der Waals surface area contributed by atoms with Crippen molar-refractivity contribution in [3.8, 4) is 0 Å². The van der Waals surface area contributed by atoms with Crippen LogP contribution in [0.5, 0.6) is 0 Å². The first kappa shape index (κ1) is 10.4. The van der Waals surface area contributed by atoms with Gasteiger partial charge in [0.15, 0.2) is 5.82 Å². The summed E-state index contributed by atoms with van der Waals surface area (Å²) in [5, 5.41) is 7.04. The van der Waals surface area contributed by atoms with Crippen molar-refractivity contribution in [2.75, 3.05) is 25.1 Å². The third-order valence-electron chi connectivity index (χ3n) is 2.74. The Morgan fingerprint density at radius 1 is 1.67 bits per heavy atom. The third kappa shape index (κ3) is 2.10. The number of H-pyrrole nitrogens is 1. The number of aromatic amines is 1. The summed E-state index contributed by atoms with van der Waals surface area (Å²) in [6.45, 7) is 3.69. The maximum absolute atomic E-state index is 5.82. The molecule has 2 rings (SSSR count). The molecule has 84 valence electrons. The zero-order valence-electron chi connectivity index (χ0n) is 9.10. The molecule has 0 bridgehead atoms. The molecule has 6 heteroatoms. The Hall–Kier alpha value is -1.14. The molecule has 3 N–H and O–H groups in total. The fourth-order valence-electron chi connectivity index (χ4n) is 1.67. The van der Waals surface area contributed by atoms with Gasteiger partial charge in [0.05, 0.1) is 0 Å². The molecule has 1 saturated heterocycles. The minimum Gasteiger partial charge on any atom is -0.374 e. The Kier molecular flexibility index (Phi) is 2.88. The molecule has 0 amide bonds. The summed E-state index contributed by atoms with van der Waals surface area (Å²) >= 11 is 0. The van der Waals surface area contributed by atoms with E-state index >= 15 is 0 Å². The molecule has 0 saturated carbocycles. The van der Waals surface area contributed by atoms with Crippen molar-refractivity contribution in [1.29, 1.82) is 0 Å². The molecule has 1 aromatic heterocycles. The van der Waals surface area contributed by atoms with E-state index in [4.69, 9.17) is 10.5 Å². The molecule has 15 heavy (non-hydrogen) atoms. The molecular weight excluding hydrogens is 194 g/mol. The molecule has 2 atom stereocenters. The fourth-order valence-corrected chi connectivity index (χ4v) is 1.67. The van der Waals surface area contributed by atoms with Crippen molar-refractivity contribution < 1.29 is 4.74 Å². The van der Waals surface area contributed by atoms with E-state index in [0.717, 1.165) is 31.3 Å². The molecule has 1 aliphatic heterocycles. The fraction of sp³-hybridized carbons (Fsp3) is 0.778. The van der Waals surface area contributed by atoms with Crippen LogP contribution in [0.2, 0.25) is 0 Å². The van der Waals surface area contributed by atoms with Crippen LogP contribution in [0.25, 0.3) is 0 Å². The maximum Gasteiger partial charge on any atom is 0.244 e. The standard InChI is InChI=1S/C9H17N5O/c1-6(15-2)8-11-9(13-12-8)14-4-3-7(10)5-14/h6-7H,3-5,10H2,1-2H3,(H,11,12,13). The van der Waals surface area contributed by atoms with Gasteiger partial charge >= 0.3 is 0 Å². The van der Waals surface area contributed by atoms with Gasteiger partial charge in [-0.3, -0.25) is 5.10 Å². The minimum atomic E-state index is -0.0532. The Morgan fingerprint density at radius 3 is 3.07 bits per heavy atom. The van der Waals surface area contributed by atoms with Crippen LogP contribution in [0.4, 0.5) is 5.95 Å². The predicted molar refractivity (Wildman–Crippen MR) is 56.6 cm³/mol. The first-order chi connectivity index (χ1) is 7.20. The summed E-state index contributed by atoms with van der Waals surface area (Å²) < 4.78 is 5.16. The van der Waals surface area contributed by atoms with Gasteiger partial charge in [-0.1, -0.05) is 0 Å². The lowest BCUT2D eigenvalue weighted by Gasteiger charge is -2.11. The zero-order valence-corrected chi connectivity index (χ0v) is 9.10. The summed E-state index contributed by atoms with van der Waals surface area (Å²) in [5.74, 6) is 1.48. The van der Waals surface area contributed by atoms with Gasteiger partial charge in [-0.05, 0) is 13.3 Å². The average Bonchev–Trinajstić information content (AvgIpc) is 2.84. The van der Waals surface area contributed by atoms with Gasteiger partial charge in [-0.15, -0.1) is 5.10 Å². The number of methoxy groups -OCH3 is 1. The number of ether oxygens (including phenoxy) is 1. The highest BCUT2D eigenvalue weighted by Gasteiger charge is 2.23. The van der Waals surface area contributed by atoms with Gasteiger partial charge < -0.3 is 15.4 Å². The van der Waals surface area contributed by atoms with Crippen LogP contribution in [0, 0.1) is 0 Å². The van der Waals surface area contributed by atoms with Crippen LogP contribution in [0.3, 0.4) is 0 Å².